The van der Waals surface area contributed by atoms with E-state index in [2.05, 4.69) is 36.1 Å². The highest BCUT2D eigenvalue weighted by Gasteiger charge is 2.43. The van der Waals surface area contributed by atoms with Crippen molar-refractivity contribution >= 4 is 12.0 Å². The zero-order chi connectivity index (χ0) is 22.1. The second-order valence-corrected chi connectivity index (χ2v) is 10.1. The summed E-state index contributed by atoms with van der Waals surface area (Å²) in [5.41, 5.74) is 3.10. The molecular weight excluding hydrogens is 390 g/mol. The van der Waals surface area contributed by atoms with Crippen LogP contribution in [0.15, 0.2) is 24.3 Å². The van der Waals surface area contributed by atoms with Gasteiger partial charge in [-0.3, -0.25) is 4.79 Å². The van der Waals surface area contributed by atoms with E-state index in [-0.39, 0.29) is 22.8 Å². The van der Waals surface area contributed by atoms with Gasteiger partial charge in [-0.05, 0) is 62.2 Å². The average molecular weight is 428 g/mol. The summed E-state index contributed by atoms with van der Waals surface area (Å²) in [6.07, 6.45) is 4.07. The van der Waals surface area contributed by atoms with Gasteiger partial charge in [-0.1, -0.05) is 31.2 Å². The van der Waals surface area contributed by atoms with E-state index in [4.69, 9.17) is 4.74 Å². The molecule has 0 radical (unpaired) electrons. The van der Waals surface area contributed by atoms with Crippen molar-refractivity contribution in [2.24, 2.45) is 5.41 Å². The summed E-state index contributed by atoms with van der Waals surface area (Å²) in [4.78, 5) is 30.7. The molecule has 2 amide bonds. The maximum Gasteiger partial charge on any atom is 0.409 e. The fourth-order valence-electron chi connectivity index (χ4n) is 5.82. The summed E-state index contributed by atoms with van der Waals surface area (Å²) in [6.45, 7) is 12.7. The van der Waals surface area contributed by atoms with Crippen LogP contribution in [-0.4, -0.2) is 72.6 Å². The van der Waals surface area contributed by atoms with Crippen molar-refractivity contribution < 1.29 is 14.3 Å². The van der Waals surface area contributed by atoms with Crippen LogP contribution in [0.3, 0.4) is 0 Å². The molecule has 6 nitrogen and oxygen atoms in total. The molecule has 6 heteroatoms. The predicted octanol–water partition coefficient (Wildman–Crippen LogP) is 3.64. The summed E-state index contributed by atoms with van der Waals surface area (Å²) in [5, 5.41) is 0. The Morgan fingerprint density at radius 2 is 1.68 bits per heavy atom. The van der Waals surface area contributed by atoms with Crippen LogP contribution in [0, 0.1) is 5.41 Å². The first-order valence-electron chi connectivity index (χ1n) is 11.8. The molecule has 1 aromatic rings. The summed E-state index contributed by atoms with van der Waals surface area (Å²) < 4.78 is 5.17. The van der Waals surface area contributed by atoms with Gasteiger partial charge in [0.25, 0.3) is 0 Å². The number of amides is 2. The Hall–Kier alpha value is -2.08. The number of hydrogen-bond donors (Lipinski definition) is 0. The minimum absolute atomic E-state index is 0.0885. The number of likely N-dealkylation sites (tertiary alicyclic amines) is 2. The van der Waals surface area contributed by atoms with Crippen LogP contribution in [0.25, 0.3) is 0 Å². The first kappa shape index (κ1) is 22.1. The van der Waals surface area contributed by atoms with Gasteiger partial charge < -0.3 is 19.4 Å². The molecule has 0 aliphatic carbocycles. The Kier molecular flexibility index (Phi) is 6.29. The van der Waals surface area contributed by atoms with Gasteiger partial charge >= 0.3 is 6.09 Å². The first-order valence-corrected chi connectivity index (χ1v) is 11.8. The Morgan fingerprint density at radius 3 is 2.32 bits per heavy atom. The maximum atomic E-state index is 12.2. The van der Waals surface area contributed by atoms with Crippen LogP contribution < -0.4 is 0 Å². The zero-order valence-corrected chi connectivity index (χ0v) is 19.4. The Bertz CT molecular complexity index is 808. The third-order valence-corrected chi connectivity index (χ3v) is 7.80. The molecule has 1 aromatic carbocycles. The molecule has 0 atom stereocenters. The molecule has 0 bridgehead atoms. The van der Waals surface area contributed by atoms with Gasteiger partial charge in [-0.25, -0.2) is 4.79 Å². The minimum Gasteiger partial charge on any atom is -0.450 e. The lowest BCUT2D eigenvalue weighted by Gasteiger charge is -2.50. The topological polar surface area (TPSA) is 53.1 Å². The van der Waals surface area contributed by atoms with Crippen LogP contribution in [-0.2, 0) is 21.5 Å². The van der Waals surface area contributed by atoms with Crippen LogP contribution >= 0.6 is 0 Å². The lowest BCUT2D eigenvalue weighted by Crippen LogP contribution is -2.54. The van der Waals surface area contributed by atoms with Crippen LogP contribution in [0.4, 0.5) is 4.79 Å². The molecule has 3 aliphatic rings. The number of carbonyl (C=O) groups excluding carboxylic acids is 2. The molecular formula is C25H37N3O3. The molecule has 4 rings (SSSR count). The molecule has 170 valence electrons. The van der Waals surface area contributed by atoms with E-state index in [9.17, 15) is 9.59 Å². The Balaban J connectivity index is 1.38. The van der Waals surface area contributed by atoms with Crippen molar-refractivity contribution in [3.05, 3.63) is 35.4 Å². The largest absolute Gasteiger partial charge is 0.450 e. The smallest absolute Gasteiger partial charge is 0.409 e. The lowest BCUT2D eigenvalue weighted by molar-refractivity contribution is -0.131. The molecule has 3 aliphatic heterocycles. The van der Waals surface area contributed by atoms with Crippen molar-refractivity contribution in [3.8, 4) is 0 Å². The molecule has 0 N–H and O–H groups in total. The third-order valence-electron chi connectivity index (χ3n) is 7.80. The van der Waals surface area contributed by atoms with E-state index >= 15 is 0 Å². The van der Waals surface area contributed by atoms with E-state index in [1.54, 1.807) is 6.92 Å². The number of rotatable bonds is 3. The fraction of sp³-hybridized carbons (Fsp3) is 0.680. The number of benzene rings is 1. The second kappa shape index (κ2) is 8.81. The summed E-state index contributed by atoms with van der Waals surface area (Å²) in [5.74, 6) is 0.178. The number of fused-ring (bicyclic) bond motifs is 2. The van der Waals surface area contributed by atoms with Gasteiger partial charge in [0, 0.05) is 45.1 Å². The fourth-order valence-corrected chi connectivity index (χ4v) is 5.82. The highest BCUT2D eigenvalue weighted by atomic mass is 16.6. The highest BCUT2D eigenvalue weighted by molar-refractivity contribution is 5.74. The normalized spacial score (nSPS) is 22.8. The van der Waals surface area contributed by atoms with Gasteiger partial charge in [0.2, 0.25) is 5.91 Å². The monoisotopic (exact) mass is 427 g/mol. The quantitative estimate of drug-likeness (QED) is 0.739. The van der Waals surface area contributed by atoms with E-state index in [0.717, 1.165) is 71.5 Å². The highest BCUT2D eigenvalue weighted by Crippen LogP contribution is 2.43. The average Bonchev–Trinajstić information content (AvgIpc) is 2.76. The van der Waals surface area contributed by atoms with E-state index < -0.39 is 0 Å². The Labute approximate surface area is 186 Å². The number of hydrogen-bond acceptors (Lipinski definition) is 4. The Morgan fingerprint density at radius 1 is 1.00 bits per heavy atom. The van der Waals surface area contributed by atoms with Crippen molar-refractivity contribution in [1.29, 1.82) is 0 Å². The molecule has 2 fully saturated rings. The number of ether oxygens (including phenoxy) is 1. The van der Waals surface area contributed by atoms with Gasteiger partial charge in [0.1, 0.15) is 0 Å². The maximum absolute atomic E-state index is 12.2. The molecule has 3 heterocycles. The van der Waals surface area contributed by atoms with Gasteiger partial charge in [0.15, 0.2) is 0 Å². The summed E-state index contributed by atoms with van der Waals surface area (Å²) >= 11 is 0. The molecule has 0 unspecified atom stereocenters. The molecule has 0 aromatic heterocycles. The van der Waals surface area contributed by atoms with E-state index in [1.807, 2.05) is 16.7 Å². The summed E-state index contributed by atoms with van der Waals surface area (Å²) in [7, 11) is 0. The molecule has 0 saturated carbocycles. The van der Waals surface area contributed by atoms with Crippen LogP contribution in [0.2, 0.25) is 0 Å². The first-order chi connectivity index (χ1) is 14.8. The van der Waals surface area contributed by atoms with Crippen molar-refractivity contribution in [1.82, 2.24) is 14.7 Å². The molecule has 31 heavy (non-hydrogen) atoms. The van der Waals surface area contributed by atoms with Crippen molar-refractivity contribution in [3.63, 3.8) is 0 Å². The lowest BCUT2D eigenvalue weighted by atomic mass is 9.68. The van der Waals surface area contributed by atoms with Gasteiger partial charge in [-0.15, -0.1) is 0 Å². The van der Waals surface area contributed by atoms with Crippen molar-refractivity contribution in [2.75, 3.05) is 45.9 Å². The predicted molar refractivity (Wildman–Crippen MR) is 121 cm³/mol. The summed E-state index contributed by atoms with van der Waals surface area (Å²) in [6, 6.07) is 8.72. The second-order valence-electron chi connectivity index (χ2n) is 10.1. The number of carbonyl (C=O) groups is 2. The SMILES string of the molecule is CCOC(=O)N1CCC(C)(CN2CCC3(CC2)CN(C(C)=O)Cc2ccccc23)CC1. The van der Waals surface area contributed by atoms with Gasteiger partial charge in [0.05, 0.1) is 6.61 Å². The van der Waals surface area contributed by atoms with Gasteiger partial charge in [-0.2, -0.15) is 0 Å². The van der Waals surface area contributed by atoms with Crippen LogP contribution in [0.5, 0.6) is 0 Å². The van der Waals surface area contributed by atoms with Crippen molar-refractivity contribution in [2.45, 2.75) is 58.4 Å². The number of piperidine rings is 2. The molecule has 2 saturated heterocycles. The van der Waals surface area contributed by atoms with E-state index in [1.165, 1.54) is 11.1 Å². The van der Waals surface area contributed by atoms with Crippen LogP contribution in [0.1, 0.15) is 57.6 Å². The van der Waals surface area contributed by atoms with E-state index in [0.29, 0.717) is 6.61 Å². The third kappa shape index (κ3) is 4.59. The number of nitrogens with zero attached hydrogens (tertiary/aromatic N) is 3. The standard InChI is InChI=1S/C25H37N3O3/c1-4-31-23(30)27-15-9-24(3,10-16-27)18-26-13-11-25(12-14-26)19-28(20(2)29)17-21-7-5-6-8-22(21)25/h5-8H,4,9-19H2,1-3H3. The molecule has 1 spiro atoms. The minimum atomic E-state index is -0.171. The zero-order valence-electron chi connectivity index (χ0n) is 19.4.